The number of ether oxygens (including phenoxy) is 2. The molecule has 1 saturated carbocycles. The Morgan fingerprint density at radius 3 is 2.62 bits per heavy atom. The molecular formula is C16H23NO3S. The van der Waals surface area contributed by atoms with Gasteiger partial charge in [-0.1, -0.05) is 4.40 Å². The number of nitrogens with zero attached hydrogens (tertiary/aromatic N) is 1. The van der Waals surface area contributed by atoms with Crippen molar-refractivity contribution < 1.29 is 14.0 Å². The maximum Gasteiger partial charge on any atom is 0.161 e. The largest absolute Gasteiger partial charge is 0.591 e. The van der Waals surface area contributed by atoms with Gasteiger partial charge in [-0.05, 0) is 57.7 Å². The topological polar surface area (TPSA) is 53.9 Å². The molecule has 0 spiro atoms. The molecule has 0 bridgehead atoms. The highest BCUT2D eigenvalue weighted by Gasteiger charge is 2.26. The van der Waals surface area contributed by atoms with Crippen LogP contribution in [0, 0.1) is 5.92 Å². The van der Waals surface area contributed by atoms with Gasteiger partial charge < -0.3 is 14.0 Å². The zero-order valence-electron chi connectivity index (χ0n) is 13.1. The third kappa shape index (κ3) is 4.93. The summed E-state index contributed by atoms with van der Waals surface area (Å²) in [5, 5.41) is 0. The molecule has 0 unspecified atom stereocenters. The third-order valence-electron chi connectivity index (χ3n) is 3.18. The lowest BCUT2D eigenvalue weighted by Crippen LogP contribution is -2.25. The molecule has 1 aliphatic carbocycles. The average molecular weight is 309 g/mol. The normalized spacial score (nSPS) is 17.0. The van der Waals surface area contributed by atoms with Crippen molar-refractivity contribution in [3.05, 3.63) is 23.8 Å². The highest BCUT2D eigenvalue weighted by Crippen LogP contribution is 2.33. The third-order valence-corrected chi connectivity index (χ3v) is 4.53. The van der Waals surface area contributed by atoms with Crippen molar-refractivity contribution in [3.8, 4) is 11.5 Å². The summed E-state index contributed by atoms with van der Waals surface area (Å²) in [5.74, 6) is 2.13. The number of hydrogen-bond acceptors (Lipinski definition) is 4. The van der Waals surface area contributed by atoms with Gasteiger partial charge in [0.25, 0.3) is 0 Å². The average Bonchev–Trinajstić information content (AvgIpc) is 3.25. The molecule has 1 aliphatic rings. The highest BCUT2D eigenvalue weighted by atomic mass is 32.2. The minimum Gasteiger partial charge on any atom is -0.591 e. The van der Waals surface area contributed by atoms with E-state index >= 15 is 0 Å². The number of hydrogen-bond donors (Lipinski definition) is 0. The fraction of sp³-hybridized carbons (Fsp3) is 0.562. The maximum absolute atomic E-state index is 11.9. The first-order chi connectivity index (χ1) is 9.90. The van der Waals surface area contributed by atoms with E-state index in [0.29, 0.717) is 11.7 Å². The minimum atomic E-state index is -1.26. The smallest absolute Gasteiger partial charge is 0.161 e. The summed E-state index contributed by atoms with van der Waals surface area (Å²) in [6.45, 7) is 6.44. The Bertz CT molecular complexity index is 507. The molecule has 0 amide bonds. The summed E-state index contributed by atoms with van der Waals surface area (Å²) < 4.78 is 26.8. The summed E-state index contributed by atoms with van der Waals surface area (Å²) in [6, 6.07) is 5.63. The highest BCUT2D eigenvalue weighted by molar-refractivity contribution is 7.91. The molecule has 2 rings (SSSR count). The Labute approximate surface area is 129 Å². The summed E-state index contributed by atoms with van der Waals surface area (Å²) in [6.07, 6.45) is 4.13. The second kappa shape index (κ2) is 6.71. The predicted octanol–water partition coefficient (Wildman–Crippen LogP) is 3.37. The summed E-state index contributed by atoms with van der Waals surface area (Å²) in [5.41, 5.74) is 0.850. The second-order valence-corrected chi connectivity index (χ2v) is 8.19. The molecule has 1 atom stereocenters. The van der Waals surface area contributed by atoms with E-state index < -0.39 is 11.4 Å². The molecule has 0 N–H and O–H groups in total. The van der Waals surface area contributed by atoms with Crippen molar-refractivity contribution >= 4 is 17.6 Å². The lowest BCUT2D eigenvalue weighted by Gasteiger charge is -2.17. The van der Waals surface area contributed by atoms with Crippen LogP contribution in [0.25, 0.3) is 0 Å². The SMILES string of the molecule is COc1cc(/C=N/[S@@+]([O-])C(C)(C)C)ccc1OCC1CC1. The predicted molar refractivity (Wildman–Crippen MR) is 86.7 cm³/mol. The summed E-state index contributed by atoms with van der Waals surface area (Å²) in [7, 11) is 1.62. The Kier molecular flexibility index (Phi) is 5.17. The zero-order chi connectivity index (χ0) is 15.5. The first-order valence-electron chi connectivity index (χ1n) is 7.17. The van der Waals surface area contributed by atoms with Crippen LogP contribution in [0.3, 0.4) is 0 Å². The van der Waals surface area contributed by atoms with E-state index in [0.717, 1.165) is 17.9 Å². The van der Waals surface area contributed by atoms with Crippen LogP contribution in [0.2, 0.25) is 0 Å². The molecule has 21 heavy (non-hydrogen) atoms. The van der Waals surface area contributed by atoms with Crippen LogP contribution in [0.1, 0.15) is 39.2 Å². The molecule has 1 fully saturated rings. The minimum absolute atomic E-state index is 0.353. The van der Waals surface area contributed by atoms with Crippen molar-refractivity contribution in [1.82, 2.24) is 0 Å². The van der Waals surface area contributed by atoms with E-state index in [2.05, 4.69) is 4.40 Å². The van der Waals surface area contributed by atoms with Crippen molar-refractivity contribution in [2.75, 3.05) is 13.7 Å². The number of rotatable bonds is 6. The van der Waals surface area contributed by atoms with Crippen LogP contribution in [-0.4, -0.2) is 29.2 Å². The standard InChI is InChI=1S/C16H23NO3S/c1-16(2,3)21(18)17-10-13-7-8-14(15(9-13)19-4)20-11-12-5-6-12/h7-10,12H,5-6,11H2,1-4H3/b17-10+/t21-/m0/s1. The van der Waals surface area contributed by atoms with Crippen molar-refractivity contribution in [1.29, 1.82) is 0 Å². The number of methoxy groups -OCH3 is 1. The fourth-order valence-electron chi connectivity index (χ4n) is 1.64. The Morgan fingerprint density at radius 1 is 1.33 bits per heavy atom. The van der Waals surface area contributed by atoms with Gasteiger partial charge in [0.2, 0.25) is 0 Å². The van der Waals surface area contributed by atoms with Gasteiger partial charge in [0.1, 0.15) is 16.1 Å². The van der Waals surface area contributed by atoms with Gasteiger partial charge in [-0.3, -0.25) is 0 Å². The Morgan fingerprint density at radius 2 is 2.05 bits per heavy atom. The monoisotopic (exact) mass is 309 g/mol. The van der Waals surface area contributed by atoms with Gasteiger partial charge in [-0.25, -0.2) is 0 Å². The Balaban J connectivity index is 2.05. The number of benzene rings is 1. The lowest BCUT2D eigenvalue weighted by atomic mass is 10.2. The van der Waals surface area contributed by atoms with Gasteiger partial charge in [-0.15, -0.1) is 0 Å². The molecule has 1 aromatic rings. The van der Waals surface area contributed by atoms with Crippen LogP contribution in [0.5, 0.6) is 11.5 Å². The lowest BCUT2D eigenvalue weighted by molar-refractivity contribution is 0.280. The van der Waals surface area contributed by atoms with Crippen molar-refractivity contribution in [2.45, 2.75) is 38.4 Å². The van der Waals surface area contributed by atoms with Gasteiger partial charge in [0.15, 0.2) is 11.5 Å². The van der Waals surface area contributed by atoms with E-state index in [1.165, 1.54) is 12.8 Å². The summed E-state index contributed by atoms with van der Waals surface area (Å²) in [4.78, 5) is 0. The van der Waals surface area contributed by atoms with E-state index in [-0.39, 0.29) is 4.75 Å². The molecule has 0 aromatic heterocycles. The first-order valence-corrected chi connectivity index (χ1v) is 8.27. The molecular weight excluding hydrogens is 286 g/mol. The van der Waals surface area contributed by atoms with Crippen LogP contribution >= 0.6 is 0 Å². The van der Waals surface area contributed by atoms with E-state index in [4.69, 9.17) is 9.47 Å². The fourth-order valence-corrected chi connectivity index (χ4v) is 2.18. The quantitative estimate of drug-likeness (QED) is 0.598. The molecule has 5 heteroatoms. The molecule has 0 heterocycles. The first kappa shape index (κ1) is 16.2. The molecule has 4 nitrogen and oxygen atoms in total. The van der Waals surface area contributed by atoms with Gasteiger partial charge in [0, 0.05) is 5.56 Å². The van der Waals surface area contributed by atoms with Crippen LogP contribution in [0.15, 0.2) is 22.6 Å². The van der Waals surface area contributed by atoms with Gasteiger partial charge >= 0.3 is 0 Å². The van der Waals surface area contributed by atoms with E-state index in [9.17, 15) is 4.55 Å². The van der Waals surface area contributed by atoms with Crippen molar-refractivity contribution in [2.24, 2.45) is 10.3 Å². The van der Waals surface area contributed by atoms with Crippen LogP contribution < -0.4 is 9.47 Å². The van der Waals surface area contributed by atoms with Crippen LogP contribution in [0.4, 0.5) is 0 Å². The van der Waals surface area contributed by atoms with Crippen LogP contribution in [-0.2, 0) is 11.4 Å². The maximum atomic E-state index is 11.9. The van der Waals surface area contributed by atoms with Crippen molar-refractivity contribution in [3.63, 3.8) is 0 Å². The summed E-state index contributed by atoms with van der Waals surface area (Å²) >= 11 is -1.26. The van der Waals surface area contributed by atoms with Gasteiger partial charge in [0.05, 0.1) is 19.9 Å². The molecule has 1 aromatic carbocycles. The molecule has 0 radical (unpaired) electrons. The van der Waals surface area contributed by atoms with E-state index in [1.807, 2.05) is 39.0 Å². The van der Waals surface area contributed by atoms with Gasteiger partial charge in [-0.2, -0.15) is 0 Å². The van der Waals surface area contributed by atoms with E-state index in [1.54, 1.807) is 13.3 Å². The molecule has 116 valence electrons. The zero-order valence-corrected chi connectivity index (χ0v) is 13.9. The molecule has 0 aliphatic heterocycles. The second-order valence-electron chi connectivity index (χ2n) is 6.26. The molecule has 0 saturated heterocycles. The Hall–Kier alpha value is -1.20.